The number of hydrogen-bond acceptors (Lipinski definition) is 2. The van der Waals surface area contributed by atoms with E-state index in [1.165, 1.54) is 0 Å². The highest BCUT2D eigenvalue weighted by Crippen LogP contribution is 2.35. The molecule has 4 heteroatoms. The number of nitrogens with zero attached hydrogens (tertiary/aromatic N) is 2. The number of piperidine rings is 1. The highest BCUT2D eigenvalue weighted by atomic mass is 79.9. The molecule has 1 unspecified atom stereocenters. The van der Waals surface area contributed by atoms with Crippen molar-refractivity contribution < 1.29 is 4.79 Å². The topological polar surface area (TPSA) is 33.2 Å². The molecule has 1 aliphatic heterocycles. The second-order valence-electron chi connectivity index (χ2n) is 6.06. The molecular formula is C15H21BrN2O. The van der Waals surface area contributed by atoms with Crippen LogP contribution in [0.25, 0.3) is 0 Å². The van der Waals surface area contributed by atoms with Crippen molar-refractivity contribution in [3.63, 3.8) is 0 Å². The molecule has 1 aromatic rings. The lowest BCUT2D eigenvalue weighted by atomic mass is 9.83. The van der Waals surface area contributed by atoms with E-state index < -0.39 is 0 Å². The molecule has 1 atom stereocenters. The van der Waals surface area contributed by atoms with E-state index in [4.69, 9.17) is 0 Å². The van der Waals surface area contributed by atoms with Crippen LogP contribution in [-0.4, -0.2) is 33.7 Å². The monoisotopic (exact) mass is 324 g/mol. The van der Waals surface area contributed by atoms with Crippen molar-refractivity contribution in [2.24, 2.45) is 5.41 Å². The molecule has 1 fully saturated rings. The van der Waals surface area contributed by atoms with Crippen molar-refractivity contribution in [1.29, 1.82) is 0 Å². The van der Waals surface area contributed by atoms with Crippen LogP contribution in [0, 0.1) is 19.3 Å². The first-order valence-electron chi connectivity index (χ1n) is 6.69. The van der Waals surface area contributed by atoms with Crippen LogP contribution in [0.15, 0.2) is 12.1 Å². The molecule has 0 bridgehead atoms. The molecule has 0 aromatic carbocycles. The summed E-state index contributed by atoms with van der Waals surface area (Å²) >= 11 is 3.72. The Morgan fingerprint density at radius 2 is 2.11 bits per heavy atom. The number of carbonyl (C=O) groups is 1. The quantitative estimate of drug-likeness (QED) is 0.742. The largest absolute Gasteiger partial charge is 0.338 e. The summed E-state index contributed by atoms with van der Waals surface area (Å²) in [7, 11) is 0. The molecule has 1 aromatic heterocycles. The summed E-state index contributed by atoms with van der Waals surface area (Å²) in [5.74, 6) is 0.109. The third kappa shape index (κ3) is 2.99. The van der Waals surface area contributed by atoms with Crippen LogP contribution in [0.2, 0.25) is 0 Å². The Hall–Kier alpha value is -0.900. The zero-order chi connectivity index (χ0) is 14.2. The fourth-order valence-electron chi connectivity index (χ4n) is 2.59. The molecule has 0 spiro atoms. The van der Waals surface area contributed by atoms with Gasteiger partial charge >= 0.3 is 0 Å². The molecule has 3 nitrogen and oxygen atoms in total. The van der Waals surface area contributed by atoms with Crippen molar-refractivity contribution in [3.8, 4) is 0 Å². The first kappa shape index (κ1) is 14.5. The van der Waals surface area contributed by atoms with Gasteiger partial charge in [0.1, 0.15) is 0 Å². The van der Waals surface area contributed by atoms with Gasteiger partial charge in [0.2, 0.25) is 0 Å². The summed E-state index contributed by atoms with van der Waals surface area (Å²) in [6, 6.07) is 3.80. The van der Waals surface area contributed by atoms with Crippen molar-refractivity contribution in [2.75, 3.05) is 13.1 Å². The number of likely N-dealkylation sites (tertiary alicyclic amines) is 1. The smallest absolute Gasteiger partial charge is 0.255 e. The Labute approximate surface area is 123 Å². The fraction of sp³-hybridized carbons (Fsp3) is 0.600. The van der Waals surface area contributed by atoms with Gasteiger partial charge in [-0.05, 0) is 37.8 Å². The maximum Gasteiger partial charge on any atom is 0.255 e. The normalized spacial score (nSPS) is 22.4. The zero-order valence-electron chi connectivity index (χ0n) is 12.0. The number of pyridine rings is 1. The predicted molar refractivity (Wildman–Crippen MR) is 80.7 cm³/mol. The van der Waals surface area contributed by atoms with Crippen LogP contribution < -0.4 is 0 Å². The second-order valence-corrected chi connectivity index (χ2v) is 7.16. The molecule has 2 rings (SSSR count). The van der Waals surface area contributed by atoms with Gasteiger partial charge in [-0.15, -0.1) is 0 Å². The molecule has 1 amide bonds. The molecule has 1 saturated heterocycles. The molecule has 1 aliphatic rings. The van der Waals surface area contributed by atoms with E-state index in [1.54, 1.807) is 0 Å². The van der Waals surface area contributed by atoms with Crippen molar-refractivity contribution >= 4 is 21.8 Å². The molecule has 0 radical (unpaired) electrons. The molecule has 2 heterocycles. The average molecular weight is 325 g/mol. The maximum atomic E-state index is 12.6. The number of halogens is 1. The van der Waals surface area contributed by atoms with Crippen LogP contribution in [0.1, 0.15) is 42.0 Å². The lowest BCUT2D eigenvalue weighted by Crippen LogP contribution is -2.48. The fourth-order valence-corrected chi connectivity index (χ4v) is 2.94. The Kier molecular flexibility index (Phi) is 4.00. The molecule has 104 valence electrons. The van der Waals surface area contributed by atoms with Gasteiger partial charge in [0.15, 0.2) is 0 Å². The number of aromatic nitrogens is 1. The Balaban J connectivity index is 2.21. The Bertz CT molecular complexity index is 499. The molecule has 0 saturated carbocycles. The minimum Gasteiger partial charge on any atom is -0.338 e. The highest BCUT2D eigenvalue weighted by Gasteiger charge is 2.36. The molecule has 19 heavy (non-hydrogen) atoms. The van der Waals surface area contributed by atoms with Gasteiger partial charge in [-0.1, -0.05) is 29.8 Å². The molecule has 0 N–H and O–H groups in total. The highest BCUT2D eigenvalue weighted by molar-refractivity contribution is 9.09. The summed E-state index contributed by atoms with van der Waals surface area (Å²) in [6.45, 7) is 9.85. The maximum absolute atomic E-state index is 12.6. The van der Waals surface area contributed by atoms with E-state index in [0.29, 0.717) is 4.83 Å². The summed E-state index contributed by atoms with van der Waals surface area (Å²) in [5.41, 5.74) is 2.62. The number of amides is 1. The lowest BCUT2D eigenvalue weighted by molar-refractivity contribution is 0.0600. The van der Waals surface area contributed by atoms with Crippen LogP contribution in [-0.2, 0) is 0 Å². The molecular weight excluding hydrogens is 304 g/mol. The van der Waals surface area contributed by atoms with Gasteiger partial charge in [-0.25, -0.2) is 0 Å². The van der Waals surface area contributed by atoms with Crippen LogP contribution in [0.4, 0.5) is 0 Å². The van der Waals surface area contributed by atoms with E-state index in [0.717, 1.165) is 36.5 Å². The van der Waals surface area contributed by atoms with Gasteiger partial charge in [-0.3, -0.25) is 9.78 Å². The van der Waals surface area contributed by atoms with E-state index >= 15 is 0 Å². The summed E-state index contributed by atoms with van der Waals surface area (Å²) in [6.07, 6.45) is 0.997. The van der Waals surface area contributed by atoms with Gasteiger partial charge in [0.25, 0.3) is 5.91 Å². The molecule has 0 aliphatic carbocycles. The van der Waals surface area contributed by atoms with Crippen molar-refractivity contribution in [3.05, 3.63) is 29.1 Å². The Morgan fingerprint density at radius 3 is 2.68 bits per heavy atom. The first-order chi connectivity index (χ1) is 8.81. The average Bonchev–Trinajstić information content (AvgIpc) is 2.32. The van der Waals surface area contributed by atoms with Crippen LogP contribution in [0.3, 0.4) is 0 Å². The Morgan fingerprint density at radius 1 is 1.42 bits per heavy atom. The van der Waals surface area contributed by atoms with Crippen molar-refractivity contribution in [1.82, 2.24) is 9.88 Å². The summed E-state index contributed by atoms with van der Waals surface area (Å²) in [4.78, 5) is 19.4. The number of rotatable bonds is 1. The minimum absolute atomic E-state index is 0.109. The first-order valence-corrected chi connectivity index (χ1v) is 7.60. The van der Waals surface area contributed by atoms with Gasteiger partial charge in [0.05, 0.1) is 11.3 Å². The number of carbonyl (C=O) groups excluding carboxylic acids is 1. The van der Waals surface area contributed by atoms with E-state index in [9.17, 15) is 4.79 Å². The van der Waals surface area contributed by atoms with Gasteiger partial charge in [0, 0.05) is 23.6 Å². The van der Waals surface area contributed by atoms with Crippen molar-refractivity contribution in [2.45, 2.75) is 38.9 Å². The van der Waals surface area contributed by atoms with Crippen LogP contribution in [0.5, 0.6) is 0 Å². The van der Waals surface area contributed by atoms with Gasteiger partial charge < -0.3 is 4.90 Å². The minimum atomic E-state index is 0.109. The number of hydrogen-bond donors (Lipinski definition) is 0. The van der Waals surface area contributed by atoms with E-state index in [1.807, 2.05) is 30.9 Å². The summed E-state index contributed by atoms with van der Waals surface area (Å²) in [5, 5.41) is 0. The number of alkyl halides is 1. The lowest BCUT2D eigenvalue weighted by Gasteiger charge is -2.42. The SMILES string of the molecule is Cc1ccc(C(=O)N2CCC(Br)C(C)(C)C2)c(C)n1. The third-order valence-electron chi connectivity index (χ3n) is 3.84. The standard InChI is InChI=1S/C15H21BrN2O/c1-10-5-6-12(11(2)17-10)14(19)18-8-7-13(16)15(3,4)9-18/h5-6,13H,7-9H2,1-4H3. The second kappa shape index (κ2) is 5.23. The third-order valence-corrected chi connectivity index (χ3v) is 5.54. The summed E-state index contributed by atoms with van der Waals surface area (Å²) < 4.78 is 0. The zero-order valence-corrected chi connectivity index (χ0v) is 13.6. The number of aryl methyl sites for hydroxylation is 2. The van der Waals surface area contributed by atoms with Crippen LogP contribution >= 0.6 is 15.9 Å². The van der Waals surface area contributed by atoms with Gasteiger partial charge in [-0.2, -0.15) is 0 Å². The van der Waals surface area contributed by atoms with E-state index in [2.05, 4.69) is 34.8 Å². The predicted octanol–water partition coefficient (Wildman–Crippen LogP) is 3.33. The van der Waals surface area contributed by atoms with E-state index in [-0.39, 0.29) is 11.3 Å².